The first-order valence-corrected chi connectivity index (χ1v) is 20.1. The SMILES string of the molecule is CCCCCCCCOc1ccc(-c2cnc(-c3ccc4c(c3F)C(F)(F)C([Si]C(C)CCCCCCC(C)CCCCC)O4)nc2)cc1. The molecule has 1 aromatic heterocycles. The van der Waals surface area contributed by atoms with Gasteiger partial charge in [-0.1, -0.05) is 136 Å². The zero-order chi connectivity index (χ0) is 35.1. The Kier molecular flexibility index (Phi) is 16.0. The Morgan fingerprint density at radius 1 is 0.755 bits per heavy atom. The number of fused-ring (bicyclic) bond motifs is 1. The van der Waals surface area contributed by atoms with Crippen LogP contribution in [-0.2, 0) is 5.92 Å². The van der Waals surface area contributed by atoms with Gasteiger partial charge in [0.2, 0.25) is 0 Å². The monoisotopic (exact) mass is 694 g/mol. The second-order valence-corrected chi connectivity index (χ2v) is 15.9. The second kappa shape index (κ2) is 20.1. The van der Waals surface area contributed by atoms with E-state index in [1.807, 2.05) is 31.2 Å². The molecule has 3 unspecified atom stereocenters. The molecule has 2 aromatic carbocycles. The van der Waals surface area contributed by atoms with E-state index in [0.717, 1.165) is 48.5 Å². The summed E-state index contributed by atoms with van der Waals surface area (Å²) in [6, 6.07) is 10.6. The van der Waals surface area contributed by atoms with Crippen molar-refractivity contribution in [2.75, 3.05) is 6.61 Å². The molecule has 3 atom stereocenters. The molecule has 3 aromatic rings. The van der Waals surface area contributed by atoms with E-state index in [-0.39, 0.29) is 32.2 Å². The molecule has 0 N–H and O–H groups in total. The highest BCUT2D eigenvalue weighted by atomic mass is 28.2. The van der Waals surface area contributed by atoms with E-state index in [2.05, 4.69) is 30.7 Å². The number of rotatable bonds is 23. The molecule has 4 rings (SSSR count). The highest BCUT2D eigenvalue weighted by Gasteiger charge is 2.53. The van der Waals surface area contributed by atoms with Crippen LogP contribution < -0.4 is 9.47 Å². The molecule has 49 heavy (non-hydrogen) atoms. The van der Waals surface area contributed by atoms with Crippen LogP contribution in [0.5, 0.6) is 11.5 Å². The van der Waals surface area contributed by atoms with Gasteiger partial charge in [-0.3, -0.25) is 0 Å². The molecule has 0 aliphatic carbocycles. The molecule has 0 saturated heterocycles. The van der Waals surface area contributed by atoms with Crippen molar-refractivity contribution in [3.63, 3.8) is 0 Å². The van der Waals surface area contributed by atoms with Crippen LogP contribution in [0.3, 0.4) is 0 Å². The molecular formula is C41H57F3N2O2Si. The van der Waals surface area contributed by atoms with Crippen LogP contribution in [-0.4, -0.2) is 31.8 Å². The minimum atomic E-state index is -3.42. The molecule has 1 aliphatic heterocycles. The first kappa shape index (κ1) is 38.9. The van der Waals surface area contributed by atoms with E-state index in [4.69, 9.17) is 9.47 Å². The first-order chi connectivity index (χ1) is 23.7. The van der Waals surface area contributed by atoms with E-state index < -0.39 is 23.0 Å². The molecule has 0 amide bonds. The average molecular weight is 695 g/mol. The van der Waals surface area contributed by atoms with Crippen molar-refractivity contribution in [2.24, 2.45) is 5.92 Å². The van der Waals surface area contributed by atoms with Crippen molar-refractivity contribution >= 4 is 9.52 Å². The first-order valence-electron chi connectivity index (χ1n) is 18.9. The van der Waals surface area contributed by atoms with Gasteiger partial charge >= 0.3 is 5.92 Å². The fraction of sp³-hybridized carbons (Fsp3) is 0.610. The summed E-state index contributed by atoms with van der Waals surface area (Å²) in [5.41, 5.74) is -0.368. The van der Waals surface area contributed by atoms with Crippen LogP contribution in [0, 0.1) is 11.7 Å². The summed E-state index contributed by atoms with van der Waals surface area (Å²) >= 11 is 0. The van der Waals surface area contributed by atoms with Gasteiger partial charge < -0.3 is 9.47 Å². The molecule has 4 nitrogen and oxygen atoms in total. The number of unbranched alkanes of at least 4 members (excludes halogenated alkanes) is 10. The maximum Gasteiger partial charge on any atom is 0.311 e. The predicted molar refractivity (Wildman–Crippen MR) is 196 cm³/mol. The summed E-state index contributed by atoms with van der Waals surface area (Å²) in [5, 5.41) is 0. The normalized spacial score (nSPS) is 16.3. The highest BCUT2D eigenvalue weighted by molar-refractivity contribution is 6.39. The van der Waals surface area contributed by atoms with Gasteiger partial charge in [0, 0.05) is 18.0 Å². The Hall–Kier alpha value is -2.87. The van der Waals surface area contributed by atoms with Gasteiger partial charge in [0.25, 0.3) is 0 Å². The minimum Gasteiger partial charge on any atom is -0.494 e. The molecular weight excluding hydrogens is 638 g/mol. The molecule has 2 radical (unpaired) electrons. The third kappa shape index (κ3) is 11.6. The Bertz CT molecular complexity index is 1390. The predicted octanol–water partition coefficient (Wildman–Crippen LogP) is 12.6. The fourth-order valence-electron chi connectivity index (χ4n) is 6.57. The summed E-state index contributed by atoms with van der Waals surface area (Å²) in [6.07, 6.45) is 22.4. The fourth-order valence-corrected chi connectivity index (χ4v) is 8.00. The zero-order valence-electron chi connectivity index (χ0n) is 30.2. The molecule has 0 bridgehead atoms. The summed E-state index contributed by atoms with van der Waals surface area (Å²) in [5.74, 6) is -2.86. The van der Waals surface area contributed by atoms with Crippen molar-refractivity contribution in [1.82, 2.24) is 9.97 Å². The summed E-state index contributed by atoms with van der Waals surface area (Å²) < 4.78 is 58.6. The third-order valence-corrected chi connectivity index (χ3v) is 11.3. The lowest BCUT2D eigenvalue weighted by Crippen LogP contribution is -2.37. The minimum absolute atomic E-state index is 0.0521. The number of alkyl halides is 2. The molecule has 268 valence electrons. The summed E-state index contributed by atoms with van der Waals surface area (Å²) in [6.45, 7) is 9.50. The van der Waals surface area contributed by atoms with E-state index in [1.165, 1.54) is 89.2 Å². The lowest BCUT2D eigenvalue weighted by Gasteiger charge is -2.21. The third-order valence-electron chi connectivity index (χ3n) is 9.68. The van der Waals surface area contributed by atoms with Crippen LogP contribution in [0.25, 0.3) is 22.5 Å². The molecule has 1 aliphatic rings. The number of ether oxygens (including phenoxy) is 2. The van der Waals surface area contributed by atoms with Gasteiger partial charge in [-0.05, 0) is 47.7 Å². The number of halogens is 3. The van der Waals surface area contributed by atoms with Crippen LogP contribution in [0.15, 0.2) is 48.8 Å². The van der Waals surface area contributed by atoms with Gasteiger partial charge in [-0.25, -0.2) is 14.4 Å². The van der Waals surface area contributed by atoms with E-state index in [9.17, 15) is 0 Å². The van der Waals surface area contributed by atoms with Crippen LogP contribution in [0.2, 0.25) is 5.54 Å². The van der Waals surface area contributed by atoms with Crippen molar-refractivity contribution in [3.05, 3.63) is 60.2 Å². The van der Waals surface area contributed by atoms with Gasteiger partial charge in [-0.2, -0.15) is 8.78 Å². The summed E-state index contributed by atoms with van der Waals surface area (Å²) in [7, 11) is -0.124. The van der Waals surface area contributed by atoms with E-state index >= 15 is 13.2 Å². The Balaban J connectivity index is 1.26. The lowest BCUT2D eigenvalue weighted by atomic mass is 9.96. The Morgan fingerprint density at radius 3 is 2.04 bits per heavy atom. The van der Waals surface area contributed by atoms with Crippen LogP contribution in [0.1, 0.15) is 136 Å². The van der Waals surface area contributed by atoms with Crippen molar-refractivity contribution in [3.8, 4) is 34.0 Å². The molecule has 8 heteroatoms. The molecule has 0 fully saturated rings. The van der Waals surface area contributed by atoms with Gasteiger partial charge in [0.05, 0.1) is 12.2 Å². The standard InChI is InChI=1S/C41H57F3N2O2Si/c1-5-7-9-10-13-17-27-47-34-23-21-32(22-24-34)33-28-45-39(46-29-33)35-25-26-36-37(38(35)42)41(43,44)40(48-36)49-31(4)20-16-12-11-15-19-30(3)18-14-8-6-2/h21-26,28-31,40H,5-20,27H2,1-4H3. The molecule has 2 heterocycles. The van der Waals surface area contributed by atoms with E-state index in [0.29, 0.717) is 6.61 Å². The maximum absolute atomic E-state index is 15.8. The largest absolute Gasteiger partial charge is 0.494 e. The van der Waals surface area contributed by atoms with Gasteiger partial charge in [0.1, 0.15) is 38.1 Å². The Morgan fingerprint density at radius 2 is 1.35 bits per heavy atom. The number of benzene rings is 2. The highest BCUT2D eigenvalue weighted by Crippen LogP contribution is 2.49. The lowest BCUT2D eigenvalue weighted by molar-refractivity contribution is -0.0451. The topological polar surface area (TPSA) is 44.2 Å². The van der Waals surface area contributed by atoms with Gasteiger partial charge in [-0.15, -0.1) is 0 Å². The molecule has 0 saturated carbocycles. The second-order valence-electron chi connectivity index (χ2n) is 14.0. The quantitative estimate of drug-likeness (QED) is 0.0732. The summed E-state index contributed by atoms with van der Waals surface area (Å²) in [4.78, 5) is 8.71. The smallest absolute Gasteiger partial charge is 0.311 e. The van der Waals surface area contributed by atoms with Crippen LogP contribution >= 0.6 is 0 Å². The number of nitrogens with zero attached hydrogens (tertiary/aromatic N) is 2. The number of aromatic nitrogens is 2. The van der Waals surface area contributed by atoms with Gasteiger partial charge in [0.15, 0.2) is 5.82 Å². The molecule has 0 spiro atoms. The van der Waals surface area contributed by atoms with Crippen LogP contribution in [0.4, 0.5) is 13.2 Å². The van der Waals surface area contributed by atoms with Crippen molar-refractivity contribution in [2.45, 2.75) is 148 Å². The van der Waals surface area contributed by atoms with Crippen molar-refractivity contribution in [1.29, 1.82) is 0 Å². The maximum atomic E-state index is 15.8. The Labute approximate surface area is 295 Å². The average Bonchev–Trinajstić information content (AvgIpc) is 3.35. The number of hydrogen-bond acceptors (Lipinski definition) is 4. The zero-order valence-corrected chi connectivity index (χ0v) is 31.2. The number of hydrogen-bond donors (Lipinski definition) is 0. The van der Waals surface area contributed by atoms with Crippen molar-refractivity contribution < 1.29 is 22.6 Å². The van der Waals surface area contributed by atoms with E-state index in [1.54, 1.807) is 12.4 Å².